The molecule has 4 heteroatoms. The summed E-state index contributed by atoms with van der Waals surface area (Å²) in [7, 11) is 1.93. The largest absolute Gasteiger partial charge is 0.309 e. The van der Waals surface area contributed by atoms with Crippen molar-refractivity contribution in [2.24, 2.45) is 12.5 Å². The number of hydrogen-bond donors (Lipinski definition) is 1. The van der Waals surface area contributed by atoms with Crippen molar-refractivity contribution in [1.82, 2.24) is 20.1 Å². The topological polar surface area (TPSA) is 42.7 Å². The second-order valence-corrected chi connectivity index (χ2v) is 4.57. The first-order valence-corrected chi connectivity index (χ1v) is 5.23. The highest BCUT2D eigenvalue weighted by Crippen LogP contribution is 2.39. The van der Waals surface area contributed by atoms with E-state index >= 15 is 0 Å². The second-order valence-electron chi connectivity index (χ2n) is 4.57. The van der Waals surface area contributed by atoms with Gasteiger partial charge in [-0.15, -0.1) is 0 Å². The van der Waals surface area contributed by atoms with Gasteiger partial charge in [0.25, 0.3) is 0 Å². The molecule has 1 aliphatic rings. The molecule has 0 spiro atoms. The monoisotopic (exact) mass is 194 g/mol. The molecule has 0 aliphatic heterocycles. The van der Waals surface area contributed by atoms with Crippen molar-refractivity contribution in [2.75, 3.05) is 6.54 Å². The maximum atomic E-state index is 4.17. The molecule has 1 N–H and O–H groups in total. The van der Waals surface area contributed by atoms with Crippen LogP contribution in [0.5, 0.6) is 0 Å². The van der Waals surface area contributed by atoms with E-state index in [-0.39, 0.29) is 0 Å². The smallest absolute Gasteiger partial charge is 0.140 e. The average molecular weight is 194 g/mol. The van der Waals surface area contributed by atoms with Crippen molar-refractivity contribution < 1.29 is 0 Å². The first-order valence-electron chi connectivity index (χ1n) is 5.23. The highest BCUT2D eigenvalue weighted by molar-refractivity contribution is 4.87. The summed E-state index contributed by atoms with van der Waals surface area (Å²) < 4.78 is 1.82. The van der Waals surface area contributed by atoms with E-state index in [4.69, 9.17) is 0 Å². The molecule has 0 aromatic carbocycles. The summed E-state index contributed by atoms with van der Waals surface area (Å²) >= 11 is 0. The molecule has 0 bridgehead atoms. The second kappa shape index (κ2) is 3.69. The highest BCUT2D eigenvalue weighted by Gasteiger charge is 2.30. The lowest BCUT2D eigenvalue weighted by Gasteiger charge is -2.38. The van der Waals surface area contributed by atoms with Crippen LogP contribution in [0.15, 0.2) is 6.33 Å². The van der Waals surface area contributed by atoms with Gasteiger partial charge in [-0.3, -0.25) is 4.68 Å². The lowest BCUT2D eigenvalue weighted by atomic mass is 9.70. The van der Waals surface area contributed by atoms with E-state index < -0.39 is 0 Å². The summed E-state index contributed by atoms with van der Waals surface area (Å²) in [6.07, 6.45) is 5.71. The Morgan fingerprint density at radius 2 is 2.36 bits per heavy atom. The Kier molecular flexibility index (Phi) is 2.54. The van der Waals surface area contributed by atoms with E-state index in [2.05, 4.69) is 22.3 Å². The van der Waals surface area contributed by atoms with Crippen LogP contribution in [0.4, 0.5) is 0 Å². The van der Waals surface area contributed by atoms with E-state index in [1.807, 2.05) is 11.7 Å². The van der Waals surface area contributed by atoms with Gasteiger partial charge in [-0.05, 0) is 18.3 Å². The molecule has 1 aliphatic carbocycles. The van der Waals surface area contributed by atoms with Crippen molar-refractivity contribution in [1.29, 1.82) is 0 Å². The maximum Gasteiger partial charge on any atom is 0.140 e. The van der Waals surface area contributed by atoms with Gasteiger partial charge in [0.15, 0.2) is 0 Å². The van der Waals surface area contributed by atoms with Crippen LogP contribution in [0.25, 0.3) is 0 Å². The predicted molar refractivity (Wildman–Crippen MR) is 54.7 cm³/mol. The van der Waals surface area contributed by atoms with Crippen molar-refractivity contribution in [3.8, 4) is 0 Å². The fourth-order valence-electron chi connectivity index (χ4n) is 1.91. The molecule has 0 radical (unpaired) electrons. The summed E-state index contributed by atoms with van der Waals surface area (Å²) in [5.41, 5.74) is 0.540. The number of nitrogens with one attached hydrogen (secondary N) is 1. The first kappa shape index (κ1) is 9.65. The quantitative estimate of drug-likeness (QED) is 0.780. The lowest BCUT2D eigenvalue weighted by molar-refractivity contribution is 0.156. The Bertz CT molecular complexity index is 301. The fraction of sp³-hybridized carbons (Fsp3) is 0.800. The summed E-state index contributed by atoms with van der Waals surface area (Å²) in [6.45, 7) is 4.27. The van der Waals surface area contributed by atoms with Gasteiger partial charge in [0, 0.05) is 13.6 Å². The normalized spacial score (nSPS) is 19.3. The van der Waals surface area contributed by atoms with Crippen LogP contribution in [-0.4, -0.2) is 21.3 Å². The molecule has 1 fully saturated rings. The SMILES string of the molecule is Cn1ncnc1CNCC1(C)CCC1. The molecule has 4 nitrogen and oxygen atoms in total. The van der Waals surface area contributed by atoms with Gasteiger partial charge in [0.1, 0.15) is 12.2 Å². The van der Waals surface area contributed by atoms with Crippen molar-refractivity contribution in [3.63, 3.8) is 0 Å². The van der Waals surface area contributed by atoms with Gasteiger partial charge in [0.05, 0.1) is 6.54 Å². The van der Waals surface area contributed by atoms with Crippen LogP contribution in [0.2, 0.25) is 0 Å². The Labute approximate surface area is 84.7 Å². The zero-order chi connectivity index (χ0) is 10.0. The van der Waals surface area contributed by atoms with E-state index in [1.54, 1.807) is 6.33 Å². The summed E-state index contributed by atoms with van der Waals surface area (Å²) in [4.78, 5) is 4.17. The van der Waals surface area contributed by atoms with Crippen LogP contribution < -0.4 is 5.32 Å². The van der Waals surface area contributed by atoms with Crippen molar-refractivity contribution in [3.05, 3.63) is 12.2 Å². The third-order valence-corrected chi connectivity index (χ3v) is 3.20. The van der Waals surface area contributed by atoms with Crippen LogP contribution in [0, 0.1) is 5.41 Å². The molecule has 0 amide bonds. The standard InChI is InChI=1S/C10H18N4/c1-10(4-3-5-10)7-11-6-9-12-8-13-14(9)2/h8,11H,3-7H2,1-2H3. The molecule has 0 atom stereocenters. The molecule has 1 aromatic heterocycles. The minimum absolute atomic E-state index is 0.540. The molecule has 0 saturated heterocycles. The van der Waals surface area contributed by atoms with E-state index in [1.165, 1.54) is 19.3 Å². The Balaban J connectivity index is 1.75. The minimum Gasteiger partial charge on any atom is -0.309 e. The number of rotatable bonds is 4. The molecule has 14 heavy (non-hydrogen) atoms. The Hall–Kier alpha value is -0.900. The molecule has 1 aromatic rings. The summed E-state index contributed by atoms with van der Waals surface area (Å²) in [5, 5.41) is 7.48. The van der Waals surface area contributed by atoms with Crippen LogP contribution in [-0.2, 0) is 13.6 Å². The van der Waals surface area contributed by atoms with Crippen LogP contribution in [0.3, 0.4) is 0 Å². The summed E-state index contributed by atoms with van der Waals surface area (Å²) in [6, 6.07) is 0. The third-order valence-electron chi connectivity index (χ3n) is 3.20. The summed E-state index contributed by atoms with van der Waals surface area (Å²) in [5.74, 6) is 1.01. The minimum atomic E-state index is 0.540. The van der Waals surface area contributed by atoms with Gasteiger partial charge in [-0.2, -0.15) is 5.10 Å². The number of hydrogen-bond acceptors (Lipinski definition) is 3. The molecule has 2 rings (SSSR count). The molecule has 78 valence electrons. The number of nitrogens with zero attached hydrogens (tertiary/aromatic N) is 3. The van der Waals surface area contributed by atoms with Gasteiger partial charge in [-0.25, -0.2) is 4.98 Å². The van der Waals surface area contributed by atoms with Crippen LogP contribution in [0.1, 0.15) is 32.0 Å². The molecule has 0 unspecified atom stereocenters. The predicted octanol–water partition coefficient (Wildman–Crippen LogP) is 1.09. The van der Waals surface area contributed by atoms with E-state index in [9.17, 15) is 0 Å². The molecule has 1 heterocycles. The van der Waals surface area contributed by atoms with E-state index in [0.717, 1.165) is 18.9 Å². The Morgan fingerprint density at radius 1 is 1.57 bits per heavy atom. The fourth-order valence-corrected chi connectivity index (χ4v) is 1.91. The van der Waals surface area contributed by atoms with Crippen LogP contribution >= 0.6 is 0 Å². The molecular weight excluding hydrogens is 176 g/mol. The number of aryl methyl sites for hydroxylation is 1. The van der Waals surface area contributed by atoms with Gasteiger partial charge < -0.3 is 5.32 Å². The number of aromatic nitrogens is 3. The van der Waals surface area contributed by atoms with Gasteiger partial charge in [-0.1, -0.05) is 13.3 Å². The first-order chi connectivity index (χ1) is 6.70. The zero-order valence-electron chi connectivity index (χ0n) is 8.95. The lowest BCUT2D eigenvalue weighted by Crippen LogP contribution is -2.37. The Morgan fingerprint density at radius 3 is 2.86 bits per heavy atom. The van der Waals surface area contributed by atoms with E-state index in [0.29, 0.717) is 5.41 Å². The average Bonchev–Trinajstić information content (AvgIpc) is 2.49. The highest BCUT2D eigenvalue weighted by atomic mass is 15.3. The van der Waals surface area contributed by atoms with Crippen molar-refractivity contribution >= 4 is 0 Å². The third kappa shape index (κ3) is 1.95. The maximum absolute atomic E-state index is 4.17. The zero-order valence-corrected chi connectivity index (χ0v) is 8.95. The molecule has 1 saturated carbocycles. The van der Waals surface area contributed by atoms with Gasteiger partial charge in [0.2, 0.25) is 0 Å². The molecular formula is C10H18N4. The van der Waals surface area contributed by atoms with Crippen molar-refractivity contribution in [2.45, 2.75) is 32.7 Å². The van der Waals surface area contributed by atoms with Gasteiger partial charge >= 0.3 is 0 Å².